The van der Waals surface area contributed by atoms with E-state index in [0.717, 1.165) is 22.3 Å². The number of alkyl carbamates (subject to hydrolysis) is 1. The number of carbonyl (C=O) groups excluding carboxylic acids is 1. The van der Waals surface area contributed by atoms with Crippen LogP contribution in [-0.2, 0) is 16.0 Å². The normalized spacial score (nSPS) is 12.9. The molecule has 2 heterocycles. The molecule has 8 nitrogen and oxygen atoms in total. The Morgan fingerprint density at radius 2 is 1.74 bits per heavy atom. The zero-order valence-corrected chi connectivity index (χ0v) is 19.8. The van der Waals surface area contributed by atoms with E-state index >= 15 is 0 Å². The number of fused-ring (bicyclic) bond motifs is 3. The second kappa shape index (κ2) is 9.66. The smallest absolute Gasteiger partial charge is 0.407 e. The number of nitrogens with one attached hydrogen (secondary N) is 1. The van der Waals surface area contributed by atoms with E-state index in [9.17, 15) is 14.7 Å². The van der Waals surface area contributed by atoms with Gasteiger partial charge in [-0.3, -0.25) is 0 Å². The van der Waals surface area contributed by atoms with Gasteiger partial charge in [0.25, 0.3) is 0 Å². The van der Waals surface area contributed by atoms with Crippen molar-refractivity contribution in [3.05, 3.63) is 81.1 Å². The highest BCUT2D eigenvalue weighted by molar-refractivity contribution is 7.14. The fourth-order valence-electron chi connectivity index (χ4n) is 4.10. The highest BCUT2D eigenvalue weighted by atomic mass is 32.1. The molecule has 0 spiro atoms. The van der Waals surface area contributed by atoms with Crippen LogP contribution in [0.5, 0.6) is 0 Å². The lowest BCUT2D eigenvalue weighted by molar-refractivity contribution is -0.139. The van der Waals surface area contributed by atoms with Crippen LogP contribution < -0.4 is 5.32 Å². The molecule has 2 aromatic carbocycles. The van der Waals surface area contributed by atoms with Gasteiger partial charge >= 0.3 is 12.1 Å². The summed E-state index contributed by atoms with van der Waals surface area (Å²) in [6.45, 7) is 0.0961. The first-order valence-electron chi connectivity index (χ1n) is 10.7. The summed E-state index contributed by atoms with van der Waals surface area (Å²) in [6, 6.07) is 16.8. The van der Waals surface area contributed by atoms with Gasteiger partial charge in [-0.2, -0.15) is 5.26 Å². The van der Waals surface area contributed by atoms with E-state index in [-0.39, 0.29) is 18.9 Å². The van der Waals surface area contributed by atoms with Crippen molar-refractivity contribution in [2.45, 2.75) is 18.4 Å². The first-order valence-corrected chi connectivity index (χ1v) is 12.4. The maximum absolute atomic E-state index is 12.5. The number of rotatable bonds is 7. The van der Waals surface area contributed by atoms with Crippen LogP contribution in [0, 0.1) is 11.3 Å². The minimum atomic E-state index is -1.20. The van der Waals surface area contributed by atoms with Crippen LogP contribution in [0.4, 0.5) is 4.79 Å². The third-order valence-electron chi connectivity index (χ3n) is 5.70. The maximum atomic E-state index is 12.5. The number of carboxylic acids is 1. The van der Waals surface area contributed by atoms with Crippen molar-refractivity contribution in [1.29, 1.82) is 5.26 Å². The van der Waals surface area contributed by atoms with E-state index in [2.05, 4.69) is 15.3 Å². The summed E-state index contributed by atoms with van der Waals surface area (Å²) in [5.74, 6) is -1.30. The summed E-state index contributed by atoms with van der Waals surface area (Å²) in [4.78, 5) is 32.9. The molecular weight excluding hydrogens is 484 g/mol. The number of nitriles is 1. The van der Waals surface area contributed by atoms with Gasteiger partial charge in [0.2, 0.25) is 0 Å². The van der Waals surface area contributed by atoms with E-state index < -0.39 is 18.1 Å². The number of hydrogen-bond donors (Lipinski definition) is 2. The molecule has 2 N–H and O–H groups in total. The summed E-state index contributed by atoms with van der Waals surface area (Å²) in [5.41, 5.74) is 5.26. The predicted octanol–water partition coefficient (Wildman–Crippen LogP) is 4.67. The standard InChI is InChI=1S/C25H18N4O4S2/c26-10-14-12-35-23(27-14)21-13-34-22(28-21)9-20(24(30)31)29-25(32)33-11-19-17-7-3-1-5-15(17)16-6-2-4-8-18(16)19/h1-8,12-13,19-20H,9,11H2,(H,29,32)(H,30,31)/t20-/m0/s1. The molecule has 0 bridgehead atoms. The van der Waals surface area contributed by atoms with Crippen LogP contribution in [0.1, 0.15) is 27.7 Å². The molecule has 1 amide bonds. The van der Waals surface area contributed by atoms with Crippen LogP contribution >= 0.6 is 22.7 Å². The average Bonchev–Trinajstić information content (AvgIpc) is 3.60. The average molecular weight is 503 g/mol. The summed E-state index contributed by atoms with van der Waals surface area (Å²) < 4.78 is 5.48. The second-order valence-electron chi connectivity index (χ2n) is 7.84. The van der Waals surface area contributed by atoms with Gasteiger partial charge in [-0.25, -0.2) is 19.6 Å². The van der Waals surface area contributed by atoms with Crippen molar-refractivity contribution in [3.8, 4) is 27.9 Å². The Bertz CT molecular complexity index is 1410. The number of carboxylic acid groups (broad SMARTS) is 1. The zero-order valence-electron chi connectivity index (χ0n) is 18.2. The van der Waals surface area contributed by atoms with Gasteiger partial charge < -0.3 is 15.2 Å². The molecule has 1 aliphatic carbocycles. The van der Waals surface area contributed by atoms with Gasteiger partial charge in [0, 0.05) is 23.1 Å². The Morgan fingerprint density at radius 1 is 1.06 bits per heavy atom. The molecule has 0 fully saturated rings. The number of aliphatic carboxylic acids is 1. The molecule has 35 heavy (non-hydrogen) atoms. The summed E-state index contributed by atoms with van der Waals surface area (Å²) in [5, 5.41) is 25.5. The fourth-order valence-corrected chi connectivity index (χ4v) is 5.71. The lowest BCUT2D eigenvalue weighted by Crippen LogP contribution is -2.42. The minimum absolute atomic E-state index is 0.000672. The highest BCUT2D eigenvalue weighted by Crippen LogP contribution is 2.44. The molecule has 4 aromatic rings. The topological polar surface area (TPSA) is 125 Å². The lowest BCUT2D eigenvalue weighted by Gasteiger charge is -2.17. The Hall–Kier alpha value is -4.07. The molecule has 1 atom stereocenters. The van der Waals surface area contributed by atoms with Gasteiger partial charge in [0.05, 0.1) is 5.01 Å². The first-order chi connectivity index (χ1) is 17.0. The summed E-state index contributed by atoms with van der Waals surface area (Å²) in [7, 11) is 0. The zero-order chi connectivity index (χ0) is 24.4. The van der Waals surface area contributed by atoms with Crippen LogP contribution in [0.2, 0.25) is 0 Å². The molecule has 5 rings (SSSR count). The molecule has 0 unspecified atom stereocenters. The minimum Gasteiger partial charge on any atom is -0.480 e. The number of carbonyl (C=O) groups is 2. The van der Waals surface area contributed by atoms with Crippen LogP contribution in [0.25, 0.3) is 21.8 Å². The summed E-state index contributed by atoms with van der Waals surface area (Å²) in [6.07, 6.45) is -0.796. The van der Waals surface area contributed by atoms with Crippen molar-refractivity contribution < 1.29 is 19.4 Å². The third kappa shape index (κ3) is 4.64. The number of thiazole rings is 2. The Labute approximate surface area is 208 Å². The van der Waals surface area contributed by atoms with E-state index in [1.165, 1.54) is 22.7 Å². The van der Waals surface area contributed by atoms with Crippen molar-refractivity contribution >= 4 is 34.7 Å². The largest absolute Gasteiger partial charge is 0.480 e. The lowest BCUT2D eigenvalue weighted by atomic mass is 9.98. The van der Waals surface area contributed by atoms with E-state index in [1.807, 2.05) is 54.6 Å². The van der Waals surface area contributed by atoms with Crippen LogP contribution in [0.3, 0.4) is 0 Å². The number of hydrogen-bond acceptors (Lipinski definition) is 8. The Kier molecular flexibility index (Phi) is 6.27. The molecule has 0 radical (unpaired) electrons. The van der Waals surface area contributed by atoms with Gasteiger partial charge in [-0.1, -0.05) is 48.5 Å². The second-order valence-corrected chi connectivity index (χ2v) is 9.64. The number of nitrogens with zero attached hydrogens (tertiary/aromatic N) is 3. The van der Waals surface area contributed by atoms with Gasteiger partial charge in [-0.15, -0.1) is 22.7 Å². The number of aromatic nitrogens is 2. The Balaban J connectivity index is 1.23. The molecule has 174 valence electrons. The van der Waals surface area contributed by atoms with Gasteiger partial charge in [0.1, 0.15) is 29.4 Å². The SMILES string of the molecule is N#Cc1csc(-c2csc(C[C@H](NC(=O)OCC3c4ccccc4-c4ccccc43)C(=O)O)n2)n1. The summed E-state index contributed by atoms with van der Waals surface area (Å²) >= 11 is 2.56. The van der Waals surface area contributed by atoms with Crippen molar-refractivity contribution in [3.63, 3.8) is 0 Å². The first kappa shape index (κ1) is 22.7. The molecule has 0 saturated heterocycles. The Morgan fingerprint density at radius 3 is 2.37 bits per heavy atom. The highest BCUT2D eigenvalue weighted by Gasteiger charge is 2.30. The fraction of sp³-hybridized carbons (Fsp3) is 0.160. The molecule has 0 aliphatic heterocycles. The molecular formula is C25H18N4O4S2. The van der Waals surface area contributed by atoms with E-state index in [1.54, 1.807) is 10.8 Å². The van der Waals surface area contributed by atoms with Crippen LogP contribution in [-0.4, -0.2) is 39.8 Å². The molecule has 0 saturated carbocycles. The maximum Gasteiger partial charge on any atom is 0.407 e. The molecule has 10 heteroatoms. The number of amides is 1. The number of ether oxygens (including phenoxy) is 1. The third-order valence-corrected chi connectivity index (χ3v) is 7.44. The van der Waals surface area contributed by atoms with Crippen molar-refractivity contribution in [2.75, 3.05) is 6.61 Å². The van der Waals surface area contributed by atoms with Crippen LogP contribution in [0.15, 0.2) is 59.3 Å². The van der Waals surface area contributed by atoms with E-state index in [4.69, 9.17) is 10.00 Å². The monoisotopic (exact) mass is 502 g/mol. The predicted molar refractivity (Wildman–Crippen MR) is 131 cm³/mol. The molecule has 1 aliphatic rings. The van der Waals surface area contributed by atoms with Gasteiger partial charge in [-0.05, 0) is 22.3 Å². The molecule has 2 aromatic heterocycles. The van der Waals surface area contributed by atoms with Crippen molar-refractivity contribution in [2.24, 2.45) is 0 Å². The van der Waals surface area contributed by atoms with Gasteiger partial charge in [0.15, 0.2) is 5.69 Å². The quantitative estimate of drug-likeness (QED) is 0.376. The van der Waals surface area contributed by atoms with E-state index in [0.29, 0.717) is 21.4 Å². The van der Waals surface area contributed by atoms with Crippen molar-refractivity contribution in [1.82, 2.24) is 15.3 Å². The number of benzene rings is 2.